The maximum Gasteiger partial charge on any atom is 0.115 e. The van der Waals surface area contributed by atoms with Gasteiger partial charge < -0.3 is 28.8 Å². The van der Waals surface area contributed by atoms with Gasteiger partial charge in [0.05, 0.1) is 61.9 Å². The molecule has 7 nitrogen and oxygen atoms in total. The molecule has 0 aliphatic rings. The standard InChI is InChI=1S/C51H111N4O3/c1-10-13-16-19-22-25-28-31-34-37-40-53(4,5)46-49(56)43-52(44-50(57)47-54(6,7)41-38-35-32-29-26-23-20-17-14-11-2)45-51(58)48-55(8,9)42-39-36-33-30-27-24-21-18-15-12-3/h49-51,56-58H,10-48H2,1-9H3/q+3. The van der Waals surface area contributed by atoms with Crippen molar-refractivity contribution in [1.29, 1.82) is 0 Å². The van der Waals surface area contributed by atoms with E-state index in [2.05, 4.69) is 68.0 Å². The van der Waals surface area contributed by atoms with Crippen LogP contribution < -0.4 is 0 Å². The molecule has 0 spiro atoms. The van der Waals surface area contributed by atoms with Crippen LogP contribution in [0.25, 0.3) is 0 Å². The first kappa shape index (κ1) is 57.7. The highest BCUT2D eigenvalue weighted by molar-refractivity contribution is 4.73. The quantitative estimate of drug-likeness (QED) is 0.0423. The van der Waals surface area contributed by atoms with E-state index < -0.39 is 18.3 Å². The number of likely N-dealkylation sites (N-methyl/N-ethyl adjacent to an activating group) is 3. The molecule has 0 aliphatic carbocycles. The first-order chi connectivity index (χ1) is 27.6. The number of hydrogen-bond donors (Lipinski definition) is 3. The van der Waals surface area contributed by atoms with Gasteiger partial charge in [-0.15, -0.1) is 0 Å². The van der Waals surface area contributed by atoms with Crippen molar-refractivity contribution in [2.75, 3.05) is 101 Å². The Hall–Kier alpha value is -0.280. The van der Waals surface area contributed by atoms with Crippen molar-refractivity contribution in [3.05, 3.63) is 0 Å². The van der Waals surface area contributed by atoms with E-state index in [1.165, 1.54) is 193 Å². The number of aliphatic hydroxyl groups excluding tert-OH is 3. The average Bonchev–Trinajstić information content (AvgIpc) is 3.13. The molecule has 3 N–H and O–H groups in total. The predicted molar refractivity (Wildman–Crippen MR) is 256 cm³/mol. The zero-order chi connectivity index (χ0) is 43.4. The highest BCUT2D eigenvalue weighted by Gasteiger charge is 2.29. The summed E-state index contributed by atoms with van der Waals surface area (Å²) in [5, 5.41) is 34.5. The molecule has 0 aromatic rings. The summed E-state index contributed by atoms with van der Waals surface area (Å²) in [6.45, 7) is 13.6. The normalized spacial score (nSPS) is 14.4. The van der Waals surface area contributed by atoms with Crippen molar-refractivity contribution in [3.8, 4) is 0 Å². The van der Waals surface area contributed by atoms with Gasteiger partial charge in [0.15, 0.2) is 0 Å². The van der Waals surface area contributed by atoms with Crippen LogP contribution in [0, 0.1) is 0 Å². The van der Waals surface area contributed by atoms with E-state index in [1.807, 2.05) is 0 Å². The zero-order valence-electron chi connectivity index (χ0n) is 41.4. The maximum absolute atomic E-state index is 11.5. The SMILES string of the molecule is CCCCCCCCCCCC[N+](C)(C)CC(O)CN(CC(O)C[N+](C)(C)CCCCCCCCCCCC)CC(O)C[N+](C)(C)CCCCCCCCCCCC. The zero-order valence-corrected chi connectivity index (χ0v) is 41.4. The summed E-state index contributed by atoms with van der Waals surface area (Å²) in [4.78, 5) is 2.18. The summed E-state index contributed by atoms with van der Waals surface area (Å²) in [6, 6.07) is 0. The third-order valence-electron chi connectivity index (χ3n) is 12.9. The lowest BCUT2D eigenvalue weighted by molar-refractivity contribution is -0.894. The molecular formula is C51H111N4O3+3. The Labute approximate surface area is 365 Å². The average molecular weight is 828 g/mol. The Morgan fingerprint density at radius 2 is 0.466 bits per heavy atom. The van der Waals surface area contributed by atoms with Crippen molar-refractivity contribution in [2.45, 2.75) is 232 Å². The molecule has 0 aromatic carbocycles. The van der Waals surface area contributed by atoms with Gasteiger partial charge in [0.1, 0.15) is 37.9 Å². The monoisotopic (exact) mass is 828 g/mol. The van der Waals surface area contributed by atoms with E-state index in [9.17, 15) is 15.3 Å². The Morgan fingerprint density at radius 3 is 0.655 bits per heavy atom. The summed E-state index contributed by atoms with van der Waals surface area (Å²) < 4.78 is 2.42. The lowest BCUT2D eigenvalue weighted by atomic mass is 10.1. The van der Waals surface area contributed by atoms with E-state index in [1.54, 1.807) is 0 Å². The lowest BCUT2D eigenvalue weighted by Gasteiger charge is -2.37. The summed E-state index contributed by atoms with van der Waals surface area (Å²) >= 11 is 0. The minimum absolute atomic E-state index is 0.492. The minimum atomic E-state index is -0.499. The van der Waals surface area contributed by atoms with Gasteiger partial charge in [-0.25, -0.2) is 0 Å². The molecule has 0 bridgehead atoms. The van der Waals surface area contributed by atoms with Gasteiger partial charge >= 0.3 is 0 Å². The van der Waals surface area contributed by atoms with Crippen molar-refractivity contribution < 1.29 is 28.8 Å². The fourth-order valence-electron chi connectivity index (χ4n) is 9.36. The topological polar surface area (TPSA) is 63.9 Å². The van der Waals surface area contributed by atoms with Gasteiger partial charge in [-0.05, 0) is 38.5 Å². The van der Waals surface area contributed by atoms with E-state index in [4.69, 9.17) is 0 Å². The number of hydrogen-bond acceptors (Lipinski definition) is 4. The summed E-state index contributed by atoms with van der Waals surface area (Å²) in [5.74, 6) is 0. The van der Waals surface area contributed by atoms with Gasteiger partial charge in [0.2, 0.25) is 0 Å². The Bertz CT molecular complexity index is 759. The van der Waals surface area contributed by atoms with Gasteiger partial charge in [-0.1, -0.05) is 175 Å². The lowest BCUT2D eigenvalue weighted by Crippen LogP contribution is -2.54. The first-order valence-electron chi connectivity index (χ1n) is 25.9. The largest absolute Gasteiger partial charge is 0.386 e. The molecule has 0 amide bonds. The molecule has 0 saturated carbocycles. The second kappa shape index (κ2) is 37.3. The molecule has 0 saturated heterocycles. The van der Waals surface area contributed by atoms with E-state index in [-0.39, 0.29) is 0 Å². The molecule has 0 aromatic heterocycles. The second-order valence-corrected chi connectivity index (χ2v) is 21.3. The molecule has 3 unspecified atom stereocenters. The van der Waals surface area contributed by atoms with Crippen LogP contribution in [0.4, 0.5) is 0 Å². The fraction of sp³-hybridized carbons (Fsp3) is 1.00. The Balaban J connectivity index is 5.03. The second-order valence-electron chi connectivity index (χ2n) is 21.3. The van der Waals surface area contributed by atoms with Gasteiger partial charge in [-0.3, -0.25) is 4.90 Å². The molecule has 0 heterocycles. The van der Waals surface area contributed by atoms with Crippen molar-refractivity contribution >= 4 is 0 Å². The predicted octanol–water partition coefficient (Wildman–Crippen LogP) is 11.4. The number of unbranched alkanes of at least 4 members (excludes halogenated alkanes) is 27. The van der Waals surface area contributed by atoms with Crippen LogP contribution in [0.1, 0.15) is 213 Å². The highest BCUT2D eigenvalue weighted by atomic mass is 16.3. The molecule has 0 radical (unpaired) electrons. The number of aliphatic hydroxyl groups is 3. The van der Waals surface area contributed by atoms with E-state index >= 15 is 0 Å². The maximum atomic E-state index is 11.5. The molecule has 350 valence electrons. The number of rotatable bonds is 45. The van der Waals surface area contributed by atoms with Crippen molar-refractivity contribution in [3.63, 3.8) is 0 Å². The van der Waals surface area contributed by atoms with Crippen LogP contribution in [0.5, 0.6) is 0 Å². The van der Waals surface area contributed by atoms with E-state index in [0.29, 0.717) is 39.3 Å². The third-order valence-corrected chi connectivity index (χ3v) is 12.9. The minimum Gasteiger partial charge on any atom is -0.386 e. The Morgan fingerprint density at radius 1 is 0.293 bits per heavy atom. The number of quaternary nitrogens is 3. The molecule has 7 heteroatoms. The summed E-state index contributed by atoms with van der Waals surface area (Å²) in [7, 11) is 13.5. The van der Waals surface area contributed by atoms with Crippen LogP contribution in [-0.2, 0) is 0 Å². The van der Waals surface area contributed by atoms with Gasteiger partial charge in [-0.2, -0.15) is 0 Å². The smallest absolute Gasteiger partial charge is 0.115 e. The summed E-state index contributed by atoms with van der Waals surface area (Å²) in [6.07, 6.45) is 38.7. The van der Waals surface area contributed by atoms with Crippen molar-refractivity contribution in [2.24, 2.45) is 0 Å². The number of nitrogens with zero attached hydrogens (tertiary/aromatic N) is 4. The van der Waals surface area contributed by atoms with Crippen molar-refractivity contribution in [1.82, 2.24) is 4.90 Å². The third kappa shape index (κ3) is 38.6. The van der Waals surface area contributed by atoms with Crippen LogP contribution in [0.2, 0.25) is 0 Å². The molecule has 58 heavy (non-hydrogen) atoms. The first-order valence-corrected chi connectivity index (χ1v) is 25.9. The molecular weight excluding hydrogens is 717 g/mol. The van der Waals surface area contributed by atoms with Crippen LogP contribution >= 0.6 is 0 Å². The molecule has 0 aliphatic heterocycles. The van der Waals surface area contributed by atoms with Gasteiger partial charge in [0.25, 0.3) is 0 Å². The van der Waals surface area contributed by atoms with Crippen LogP contribution in [0.15, 0.2) is 0 Å². The fourth-order valence-corrected chi connectivity index (χ4v) is 9.36. The molecule has 0 rings (SSSR count). The van der Waals surface area contributed by atoms with E-state index in [0.717, 1.165) is 33.1 Å². The van der Waals surface area contributed by atoms with Gasteiger partial charge in [0, 0.05) is 19.6 Å². The highest BCUT2D eigenvalue weighted by Crippen LogP contribution is 2.16. The molecule has 0 fully saturated rings. The van der Waals surface area contributed by atoms with Crippen LogP contribution in [-0.4, -0.2) is 153 Å². The summed E-state index contributed by atoms with van der Waals surface area (Å²) in [5.41, 5.74) is 0. The Kier molecular flexibility index (Phi) is 37.1. The van der Waals surface area contributed by atoms with Crippen LogP contribution in [0.3, 0.4) is 0 Å². The molecule has 3 atom stereocenters.